The van der Waals surface area contributed by atoms with Crippen molar-refractivity contribution in [1.82, 2.24) is 0 Å². The average molecular weight is 340 g/mol. The number of hydrogen-bond donors (Lipinski definition) is 0. The molecule has 0 heterocycles. The standard InChI is InChI=1S/C20H30F2O2/c1-3-5-6-13-23-17-11-12-18(20(22)19(17)21)24-14-16-9-7-15(4-2)8-10-16/h11-12,15-16H,3-10,13-14H2,1-2H3. The van der Waals surface area contributed by atoms with Crippen molar-refractivity contribution in [3.8, 4) is 11.5 Å². The average Bonchev–Trinajstić information content (AvgIpc) is 2.62. The summed E-state index contributed by atoms with van der Waals surface area (Å²) >= 11 is 0. The summed E-state index contributed by atoms with van der Waals surface area (Å²) in [5.41, 5.74) is 0. The fourth-order valence-electron chi connectivity index (χ4n) is 3.29. The number of hydrogen-bond acceptors (Lipinski definition) is 2. The largest absolute Gasteiger partial charge is 0.490 e. The fraction of sp³-hybridized carbons (Fsp3) is 0.700. The molecule has 4 heteroatoms. The summed E-state index contributed by atoms with van der Waals surface area (Å²) < 4.78 is 39.1. The molecule has 1 aliphatic carbocycles. The molecule has 0 unspecified atom stereocenters. The van der Waals surface area contributed by atoms with Crippen LogP contribution in [0.15, 0.2) is 12.1 Å². The van der Waals surface area contributed by atoms with Gasteiger partial charge in [-0.2, -0.15) is 8.78 Å². The number of halogens is 2. The number of ether oxygens (including phenoxy) is 2. The molecule has 136 valence electrons. The lowest BCUT2D eigenvalue weighted by Crippen LogP contribution is -2.20. The molecule has 0 radical (unpaired) electrons. The van der Waals surface area contributed by atoms with Crippen LogP contribution < -0.4 is 9.47 Å². The van der Waals surface area contributed by atoms with Crippen LogP contribution >= 0.6 is 0 Å². The minimum atomic E-state index is -0.946. The smallest absolute Gasteiger partial charge is 0.204 e. The first kappa shape index (κ1) is 19.0. The van der Waals surface area contributed by atoms with Gasteiger partial charge in [0.1, 0.15) is 0 Å². The van der Waals surface area contributed by atoms with Gasteiger partial charge < -0.3 is 9.47 Å². The van der Waals surface area contributed by atoms with E-state index in [1.807, 2.05) is 0 Å². The Kier molecular flexibility index (Phi) is 7.80. The van der Waals surface area contributed by atoms with E-state index in [2.05, 4.69) is 13.8 Å². The first-order chi connectivity index (χ1) is 11.7. The molecule has 0 spiro atoms. The van der Waals surface area contributed by atoms with Crippen molar-refractivity contribution in [2.24, 2.45) is 11.8 Å². The van der Waals surface area contributed by atoms with Crippen LogP contribution in [-0.2, 0) is 0 Å². The molecule has 0 atom stereocenters. The minimum Gasteiger partial charge on any atom is -0.490 e. The zero-order chi connectivity index (χ0) is 17.4. The molecule has 1 fully saturated rings. The van der Waals surface area contributed by atoms with Crippen LogP contribution in [0.2, 0.25) is 0 Å². The van der Waals surface area contributed by atoms with Gasteiger partial charge in [-0.05, 0) is 43.2 Å². The van der Waals surface area contributed by atoms with Crippen molar-refractivity contribution in [1.29, 1.82) is 0 Å². The number of benzene rings is 1. The van der Waals surface area contributed by atoms with Gasteiger partial charge in [-0.3, -0.25) is 0 Å². The van der Waals surface area contributed by atoms with Crippen LogP contribution in [0.3, 0.4) is 0 Å². The minimum absolute atomic E-state index is 0.00831. The molecule has 0 amide bonds. The van der Waals surface area contributed by atoms with Crippen molar-refractivity contribution in [3.05, 3.63) is 23.8 Å². The molecule has 2 nitrogen and oxygen atoms in total. The summed E-state index contributed by atoms with van der Waals surface area (Å²) in [7, 11) is 0. The molecular weight excluding hydrogens is 310 g/mol. The predicted octanol–water partition coefficient (Wildman–Crippen LogP) is 6.13. The highest BCUT2D eigenvalue weighted by Gasteiger charge is 2.22. The van der Waals surface area contributed by atoms with Crippen molar-refractivity contribution >= 4 is 0 Å². The highest BCUT2D eigenvalue weighted by Crippen LogP contribution is 2.32. The van der Waals surface area contributed by atoms with Gasteiger partial charge in [0.25, 0.3) is 0 Å². The Morgan fingerprint density at radius 2 is 1.46 bits per heavy atom. The van der Waals surface area contributed by atoms with Gasteiger partial charge in [-0.25, -0.2) is 0 Å². The Bertz CT molecular complexity index is 497. The third-order valence-corrected chi connectivity index (χ3v) is 5.04. The summed E-state index contributed by atoms with van der Waals surface area (Å²) in [6, 6.07) is 2.94. The summed E-state index contributed by atoms with van der Waals surface area (Å²) in [6.07, 6.45) is 8.81. The van der Waals surface area contributed by atoms with E-state index in [0.717, 1.165) is 38.0 Å². The molecule has 1 saturated carbocycles. The van der Waals surface area contributed by atoms with Crippen LogP contribution in [0.4, 0.5) is 8.78 Å². The highest BCUT2D eigenvalue weighted by molar-refractivity contribution is 5.35. The van der Waals surface area contributed by atoms with E-state index in [4.69, 9.17) is 9.47 Å². The van der Waals surface area contributed by atoms with E-state index in [-0.39, 0.29) is 11.5 Å². The first-order valence-corrected chi connectivity index (χ1v) is 9.39. The van der Waals surface area contributed by atoms with E-state index >= 15 is 0 Å². The van der Waals surface area contributed by atoms with Gasteiger partial charge in [0.15, 0.2) is 11.5 Å². The zero-order valence-electron chi connectivity index (χ0n) is 15.0. The van der Waals surface area contributed by atoms with Gasteiger partial charge in [0, 0.05) is 0 Å². The van der Waals surface area contributed by atoms with Gasteiger partial charge >= 0.3 is 0 Å². The summed E-state index contributed by atoms with van der Waals surface area (Å²) in [4.78, 5) is 0. The molecule has 0 N–H and O–H groups in total. The lowest BCUT2D eigenvalue weighted by molar-refractivity contribution is 0.174. The summed E-state index contributed by atoms with van der Waals surface area (Å²) in [5, 5.41) is 0. The topological polar surface area (TPSA) is 18.5 Å². The summed E-state index contributed by atoms with van der Waals surface area (Å²) in [6.45, 7) is 5.18. The maximum atomic E-state index is 14.1. The van der Waals surface area contributed by atoms with Crippen LogP contribution in [0.25, 0.3) is 0 Å². The monoisotopic (exact) mass is 340 g/mol. The van der Waals surface area contributed by atoms with Gasteiger partial charge in [-0.15, -0.1) is 0 Å². The molecule has 1 aromatic rings. The van der Waals surface area contributed by atoms with Gasteiger partial charge in [0.05, 0.1) is 13.2 Å². The van der Waals surface area contributed by atoms with Crippen LogP contribution in [0.1, 0.15) is 65.2 Å². The van der Waals surface area contributed by atoms with Crippen molar-refractivity contribution < 1.29 is 18.3 Å². The summed E-state index contributed by atoms with van der Waals surface area (Å²) in [5.74, 6) is -0.658. The Morgan fingerprint density at radius 3 is 2.04 bits per heavy atom. The number of unbranched alkanes of at least 4 members (excludes halogenated alkanes) is 2. The van der Waals surface area contributed by atoms with Crippen molar-refractivity contribution in [2.45, 2.75) is 65.2 Å². The normalized spacial score (nSPS) is 20.8. The van der Waals surface area contributed by atoms with Gasteiger partial charge in [-0.1, -0.05) is 46.0 Å². The second-order valence-corrected chi connectivity index (χ2v) is 6.85. The Hall–Kier alpha value is -1.32. The van der Waals surface area contributed by atoms with Crippen molar-refractivity contribution in [2.75, 3.05) is 13.2 Å². The maximum absolute atomic E-state index is 14.1. The second kappa shape index (κ2) is 9.85. The lowest BCUT2D eigenvalue weighted by Gasteiger charge is -2.27. The van der Waals surface area contributed by atoms with E-state index in [1.165, 1.54) is 31.4 Å². The molecular formula is C20H30F2O2. The Labute approximate surface area is 144 Å². The molecule has 24 heavy (non-hydrogen) atoms. The van der Waals surface area contributed by atoms with E-state index in [1.54, 1.807) is 0 Å². The molecule has 2 rings (SSSR count). The Balaban J connectivity index is 1.84. The fourth-order valence-corrected chi connectivity index (χ4v) is 3.29. The molecule has 0 aliphatic heterocycles. The van der Waals surface area contributed by atoms with Gasteiger partial charge in [0.2, 0.25) is 11.6 Å². The second-order valence-electron chi connectivity index (χ2n) is 6.85. The number of rotatable bonds is 9. The first-order valence-electron chi connectivity index (χ1n) is 9.39. The SMILES string of the molecule is CCCCCOc1ccc(OCC2CCC(CC)CC2)c(F)c1F. The Morgan fingerprint density at radius 1 is 0.875 bits per heavy atom. The van der Waals surface area contributed by atoms with E-state index < -0.39 is 11.6 Å². The highest BCUT2D eigenvalue weighted by atomic mass is 19.2. The maximum Gasteiger partial charge on any atom is 0.204 e. The quantitative estimate of drug-likeness (QED) is 0.503. The lowest BCUT2D eigenvalue weighted by atomic mass is 9.81. The van der Waals surface area contributed by atoms with E-state index in [9.17, 15) is 8.78 Å². The molecule has 0 aromatic heterocycles. The van der Waals surface area contributed by atoms with Crippen LogP contribution in [0, 0.1) is 23.5 Å². The van der Waals surface area contributed by atoms with E-state index in [0.29, 0.717) is 19.1 Å². The van der Waals surface area contributed by atoms with Crippen LogP contribution in [0.5, 0.6) is 11.5 Å². The third-order valence-electron chi connectivity index (χ3n) is 5.04. The molecule has 0 bridgehead atoms. The third kappa shape index (κ3) is 5.35. The molecule has 0 saturated heterocycles. The van der Waals surface area contributed by atoms with Crippen molar-refractivity contribution in [3.63, 3.8) is 0 Å². The zero-order valence-corrected chi connectivity index (χ0v) is 15.0. The predicted molar refractivity (Wildman–Crippen MR) is 92.6 cm³/mol. The van der Waals surface area contributed by atoms with Crippen LogP contribution in [-0.4, -0.2) is 13.2 Å². The molecule has 1 aromatic carbocycles. The molecule has 1 aliphatic rings.